The van der Waals surface area contributed by atoms with Gasteiger partial charge in [0.15, 0.2) is 0 Å². The Bertz CT molecular complexity index is 603. The van der Waals surface area contributed by atoms with E-state index in [0.717, 1.165) is 32.4 Å². The van der Waals surface area contributed by atoms with E-state index in [-0.39, 0.29) is 17.5 Å². The van der Waals surface area contributed by atoms with E-state index in [1.165, 1.54) is 5.69 Å². The van der Waals surface area contributed by atoms with Gasteiger partial charge in [-0.1, -0.05) is 18.2 Å². The molecule has 2 aliphatic heterocycles. The summed E-state index contributed by atoms with van der Waals surface area (Å²) in [4.78, 5) is 14.0. The van der Waals surface area contributed by atoms with Crippen LogP contribution in [0.5, 0.6) is 0 Å². The molecule has 2 fully saturated rings. The Morgan fingerprint density at radius 3 is 2.32 bits per heavy atom. The third kappa shape index (κ3) is 7.08. The second kappa shape index (κ2) is 10.2. The van der Waals surface area contributed by atoms with Crippen molar-refractivity contribution in [1.82, 2.24) is 5.01 Å². The molecule has 0 spiro atoms. The van der Waals surface area contributed by atoms with Crippen LogP contribution in [0, 0.1) is 5.92 Å². The highest BCUT2D eigenvalue weighted by Crippen LogP contribution is 2.25. The monoisotopic (exact) mass is 391 g/mol. The topological polar surface area (TPSA) is 68.0 Å². The Morgan fingerprint density at radius 2 is 1.82 bits per heavy atom. The van der Waals surface area contributed by atoms with Crippen LogP contribution in [0.3, 0.4) is 0 Å². The van der Waals surface area contributed by atoms with Crippen LogP contribution >= 0.6 is 0 Å². The molecule has 0 radical (unpaired) electrons. The van der Waals surface area contributed by atoms with Gasteiger partial charge in [-0.15, -0.1) is 0 Å². The molecule has 2 N–H and O–H groups in total. The molecular weight excluding hydrogens is 354 g/mol. The Hall–Kier alpha value is -1.63. The fraction of sp³-hybridized carbons (Fsp3) is 0.682. The second-order valence-electron chi connectivity index (χ2n) is 8.77. The van der Waals surface area contributed by atoms with Crippen molar-refractivity contribution in [2.45, 2.75) is 64.7 Å². The van der Waals surface area contributed by atoms with Gasteiger partial charge in [0.25, 0.3) is 0 Å². The molecule has 2 saturated heterocycles. The van der Waals surface area contributed by atoms with Crippen LogP contribution in [0.1, 0.15) is 47.0 Å². The molecule has 6 heteroatoms. The number of nitrogens with two attached hydrogens (primary N) is 1. The Morgan fingerprint density at radius 1 is 1.14 bits per heavy atom. The molecule has 3 atom stereocenters. The zero-order chi connectivity index (χ0) is 20.7. The summed E-state index contributed by atoms with van der Waals surface area (Å²) in [7, 11) is 1.82. The number of hydrogen-bond donors (Lipinski definition) is 1. The van der Waals surface area contributed by atoms with E-state index in [0.29, 0.717) is 18.7 Å². The Balaban J connectivity index is 0.000000203. The molecule has 158 valence electrons. The molecule has 0 aliphatic carbocycles. The number of hydrazine groups is 1. The van der Waals surface area contributed by atoms with E-state index in [2.05, 4.69) is 42.2 Å². The van der Waals surface area contributed by atoms with Gasteiger partial charge in [-0.25, -0.2) is 5.01 Å². The standard InChI is InChI=1S/C13H19NO.C9H18N2O2/c1-11-10-13(15-2)8-9-14(11)12-6-4-3-5-7-12;1-9(2,3)13-8(12)7-4-5-11(10)6-7/h3-7,11,13H,8-10H2,1-2H3;7H,4-6,10H2,1-3H3. The predicted molar refractivity (Wildman–Crippen MR) is 113 cm³/mol. The summed E-state index contributed by atoms with van der Waals surface area (Å²) in [6, 6.07) is 11.2. The third-order valence-corrected chi connectivity index (χ3v) is 5.21. The molecule has 0 bridgehead atoms. The number of methoxy groups -OCH3 is 1. The van der Waals surface area contributed by atoms with Crippen molar-refractivity contribution in [3.8, 4) is 0 Å². The first kappa shape index (κ1) is 22.7. The summed E-state index contributed by atoms with van der Waals surface area (Å²) in [6.45, 7) is 10.4. The smallest absolute Gasteiger partial charge is 0.310 e. The summed E-state index contributed by atoms with van der Waals surface area (Å²) in [5.74, 6) is 5.39. The lowest BCUT2D eigenvalue weighted by Crippen LogP contribution is -2.43. The van der Waals surface area contributed by atoms with Crippen LogP contribution in [-0.4, -0.2) is 55.5 Å². The first-order valence-corrected chi connectivity index (χ1v) is 10.3. The molecule has 2 heterocycles. The van der Waals surface area contributed by atoms with E-state index in [1.54, 1.807) is 5.01 Å². The van der Waals surface area contributed by atoms with Crippen molar-refractivity contribution >= 4 is 11.7 Å². The predicted octanol–water partition coefficient (Wildman–Crippen LogP) is 3.21. The van der Waals surface area contributed by atoms with Gasteiger partial charge in [-0.3, -0.25) is 10.6 Å². The summed E-state index contributed by atoms with van der Waals surface area (Å²) >= 11 is 0. The number of carbonyl (C=O) groups excluding carboxylic acids is 1. The number of benzene rings is 1. The molecular formula is C22H37N3O3. The zero-order valence-corrected chi connectivity index (χ0v) is 18.1. The van der Waals surface area contributed by atoms with Crippen LogP contribution in [0.25, 0.3) is 0 Å². The minimum absolute atomic E-state index is 0.0378. The molecule has 1 aromatic carbocycles. The van der Waals surface area contributed by atoms with E-state index in [9.17, 15) is 4.79 Å². The van der Waals surface area contributed by atoms with E-state index >= 15 is 0 Å². The van der Waals surface area contributed by atoms with Crippen molar-refractivity contribution in [3.05, 3.63) is 30.3 Å². The highest BCUT2D eigenvalue weighted by Gasteiger charge is 2.30. The van der Waals surface area contributed by atoms with Gasteiger partial charge >= 0.3 is 5.97 Å². The minimum Gasteiger partial charge on any atom is -0.460 e. The molecule has 3 rings (SSSR count). The Kier molecular flexibility index (Phi) is 8.28. The number of para-hydroxylation sites is 1. The van der Waals surface area contributed by atoms with Gasteiger partial charge in [0.05, 0.1) is 12.0 Å². The second-order valence-corrected chi connectivity index (χ2v) is 8.77. The lowest BCUT2D eigenvalue weighted by atomic mass is 10.00. The van der Waals surface area contributed by atoms with Crippen molar-refractivity contribution in [3.63, 3.8) is 0 Å². The lowest BCUT2D eigenvalue weighted by molar-refractivity contribution is -0.159. The maximum absolute atomic E-state index is 11.5. The third-order valence-electron chi connectivity index (χ3n) is 5.21. The molecule has 1 aromatic rings. The maximum Gasteiger partial charge on any atom is 0.310 e. The quantitative estimate of drug-likeness (QED) is 0.630. The van der Waals surface area contributed by atoms with E-state index in [4.69, 9.17) is 15.3 Å². The molecule has 0 saturated carbocycles. The number of hydrogen-bond acceptors (Lipinski definition) is 6. The first-order valence-electron chi connectivity index (χ1n) is 10.3. The molecule has 0 amide bonds. The molecule has 0 aromatic heterocycles. The number of ether oxygens (including phenoxy) is 2. The minimum atomic E-state index is -0.390. The van der Waals surface area contributed by atoms with Crippen molar-refractivity contribution in [2.24, 2.45) is 11.8 Å². The van der Waals surface area contributed by atoms with Gasteiger partial charge in [-0.2, -0.15) is 0 Å². The van der Waals surface area contributed by atoms with Crippen molar-refractivity contribution in [2.75, 3.05) is 31.6 Å². The highest BCUT2D eigenvalue weighted by molar-refractivity contribution is 5.73. The molecule has 2 aliphatic rings. The fourth-order valence-electron chi connectivity index (χ4n) is 3.71. The van der Waals surface area contributed by atoms with Crippen molar-refractivity contribution < 1.29 is 14.3 Å². The van der Waals surface area contributed by atoms with E-state index < -0.39 is 0 Å². The van der Waals surface area contributed by atoms with Gasteiger partial charge in [0.1, 0.15) is 5.60 Å². The SMILES string of the molecule is CC(C)(C)OC(=O)C1CCN(N)C1.COC1CCN(c2ccccc2)C(C)C1. The number of rotatable bonds is 3. The normalized spacial score (nSPS) is 25.8. The number of nitrogens with zero attached hydrogens (tertiary/aromatic N) is 2. The average molecular weight is 392 g/mol. The summed E-state index contributed by atoms with van der Waals surface area (Å²) in [6.07, 6.45) is 3.52. The lowest BCUT2D eigenvalue weighted by Gasteiger charge is -2.38. The highest BCUT2D eigenvalue weighted by atomic mass is 16.6. The fourth-order valence-corrected chi connectivity index (χ4v) is 3.71. The largest absolute Gasteiger partial charge is 0.460 e. The number of esters is 1. The molecule has 28 heavy (non-hydrogen) atoms. The number of carbonyl (C=O) groups is 1. The molecule has 3 unspecified atom stereocenters. The van der Waals surface area contributed by atoms with Crippen LogP contribution in [-0.2, 0) is 14.3 Å². The summed E-state index contributed by atoms with van der Waals surface area (Å²) in [5, 5.41) is 1.66. The van der Waals surface area contributed by atoms with Crippen LogP contribution in [0.4, 0.5) is 5.69 Å². The van der Waals surface area contributed by atoms with Gasteiger partial charge in [0.2, 0.25) is 0 Å². The average Bonchev–Trinajstić information content (AvgIpc) is 3.08. The van der Waals surface area contributed by atoms with Crippen LogP contribution < -0.4 is 10.7 Å². The Labute approximate surface area is 169 Å². The van der Waals surface area contributed by atoms with Gasteiger partial charge in [-0.05, 0) is 59.1 Å². The number of piperidine rings is 1. The molecule has 6 nitrogen and oxygen atoms in total. The summed E-state index contributed by atoms with van der Waals surface area (Å²) < 4.78 is 10.7. The summed E-state index contributed by atoms with van der Waals surface area (Å²) in [5.41, 5.74) is 0.943. The van der Waals surface area contributed by atoms with Crippen molar-refractivity contribution in [1.29, 1.82) is 0 Å². The van der Waals surface area contributed by atoms with Gasteiger partial charge < -0.3 is 14.4 Å². The zero-order valence-electron chi connectivity index (χ0n) is 18.1. The van der Waals surface area contributed by atoms with Crippen LogP contribution in [0.2, 0.25) is 0 Å². The van der Waals surface area contributed by atoms with E-state index in [1.807, 2.05) is 27.9 Å². The number of anilines is 1. The maximum atomic E-state index is 11.5. The van der Waals surface area contributed by atoms with Gasteiger partial charge in [0, 0.05) is 38.5 Å². The van der Waals surface area contributed by atoms with Crippen LogP contribution in [0.15, 0.2) is 30.3 Å². The first-order chi connectivity index (χ1) is 13.2.